The summed E-state index contributed by atoms with van der Waals surface area (Å²) in [5.41, 5.74) is 1.07. The summed E-state index contributed by atoms with van der Waals surface area (Å²) < 4.78 is 11.4. The van der Waals surface area contributed by atoms with Crippen molar-refractivity contribution in [2.45, 2.75) is 6.42 Å². The number of carbonyl (C=O) groups is 3. The number of anilines is 1. The van der Waals surface area contributed by atoms with E-state index in [-0.39, 0.29) is 36.3 Å². The number of nitrogens with zero attached hydrogens (tertiary/aromatic N) is 1. The summed E-state index contributed by atoms with van der Waals surface area (Å²) in [5, 5.41) is 5.41. The molecule has 0 unspecified atom stereocenters. The smallest absolute Gasteiger partial charge is 0.255 e. The number of halogens is 1. The van der Waals surface area contributed by atoms with Crippen molar-refractivity contribution >= 4 is 39.3 Å². The van der Waals surface area contributed by atoms with Gasteiger partial charge in [0.05, 0.1) is 25.5 Å². The van der Waals surface area contributed by atoms with Gasteiger partial charge in [-0.3, -0.25) is 14.4 Å². The van der Waals surface area contributed by atoms with Crippen LogP contribution in [0.1, 0.15) is 27.1 Å². The van der Waals surface area contributed by atoms with Crippen LogP contribution in [0.3, 0.4) is 0 Å². The quantitative estimate of drug-likeness (QED) is 0.609. The molecule has 0 saturated heterocycles. The molecule has 0 fully saturated rings. The fraction of sp³-hybridized carbons (Fsp3) is 0.286. The maximum atomic E-state index is 12.5. The number of amides is 3. The van der Waals surface area contributed by atoms with E-state index in [0.717, 1.165) is 4.47 Å². The van der Waals surface area contributed by atoms with E-state index in [0.29, 0.717) is 22.7 Å². The molecule has 0 heterocycles. The Bertz CT molecular complexity index is 929. The van der Waals surface area contributed by atoms with Gasteiger partial charge in [0.1, 0.15) is 0 Å². The molecule has 30 heavy (non-hydrogen) atoms. The summed E-state index contributed by atoms with van der Waals surface area (Å²) in [5.74, 6) is -0.167. The molecule has 2 rings (SSSR count). The average Bonchev–Trinajstić information content (AvgIpc) is 2.73. The zero-order chi connectivity index (χ0) is 22.3. The number of rotatable bonds is 8. The molecule has 0 spiro atoms. The van der Waals surface area contributed by atoms with Gasteiger partial charge in [0.2, 0.25) is 5.91 Å². The van der Waals surface area contributed by atoms with E-state index >= 15 is 0 Å². The number of benzene rings is 2. The Balaban J connectivity index is 2.06. The van der Waals surface area contributed by atoms with Crippen molar-refractivity contribution in [3.05, 3.63) is 52.0 Å². The predicted octanol–water partition coefficient (Wildman–Crippen LogP) is 2.93. The molecule has 0 bridgehead atoms. The van der Waals surface area contributed by atoms with Crippen LogP contribution < -0.4 is 20.1 Å². The molecule has 0 atom stereocenters. The van der Waals surface area contributed by atoms with Crippen LogP contribution >= 0.6 is 15.9 Å². The summed E-state index contributed by atoms with van der Waals surface area (Å²) in [6, 6.07) is 9.95. The van der Waals surface area contributed by atoms with Gasteiger partial charge in [-0.15, -0.1) is 0 Å². The van der Waals surface area contributed by atoms with Gasteiger partial charge in [-0.1, -0.05) is 15.9 Å². The van der Waals surface area contributed by atoms with Crippen LogP contribution in [0.5, 0.6) is 11.5 Å². The van der Waals surface area contributed by atoms with E-state index in [4.69, 9.17) is 9.47 Å². The van der Waals surface area contributed by atoms with Gasteiger partial charge in [-0.25, -0.2) is 0 Å². The summed E-state index contributed by atoms with van der Waals surface area (Å²) in [7, 11) is 6.16. The molecule has 3 amide bonds. The minimum atomic E-state index is -0.355. The van der Waals surface area contributed by atoms with Crippen molar-refractivity contribution in [1.29, 1.82) is 0 Å². The molecule has 0 aliphatic rings. The highest BCUT2D eigenvalue weighted by Crippen LogP contribution is 2.34. The first kappa shape index (κ1) is 23.2. The molecule has 160 valence electrons. The van der Waals surface area contributed by atoms with E-state index in [1.165, 1.54) is 31.3 Å². The first-order valence-electron chi connectivity index (χ1n) is 9.08. The minimum Gasteiger partial charge on any atom is -0.493 e. The second-order valence-electron chi connectivity index (χ2n) is 6.51. The molecule has 2 N–H and O–H groups in total. The lowest BCUT2D eigenvalue weighted by atomic mass is 10.1. The van der Waals surface area contributed by atoms with E-state index in [1.807, 2.05) is 0 Å². The van der Waals surface area contributed by atoms with Crippen molar-refractivity contribution in [2.24, 2.45) is 0 Å². The molecule has 8 nitrogen and oxygen atoms in total. The SMILES string of the molecule is COc1cc(NC(=O)CCNC(=O)c2ccc(Br)cc2)c(C(=O)N(C)C)cc1OC. The first-order chi connectivity index (χ1) is 14.3. The number of nitrogens with one attached hydrogen (secondary N) is 2. The number of methoxy groups -OCH3 is 2. The Morgan fingerprint density at radius 3 is 2.17 bits per heavy atom. The van der Waals surface area contributed by atoms with Gasteiger partial charge >= 0.3 is 0 Å². The van der Waals surface area contributed by atoms with Crippen LogP contribution in [-0.4, -0.2) is 57.5 Å². The Labute approximate surface area is 183 Å². The van der Waals surface area contributed by atoms with Gasteiger partial charge in [0.25, 0.3) is 11.8 Å². The molecule has 0 aromatic heterocycles. The highest BCUT2D eigenvalue weighted by Gasteiger charge is 2.20. The fourth-order valence-electron chi connectivity index (χ4n) is 2.61. The molecule has 0 radical (unpaired) electrons. The summed E-state index contributed by atoms with van der Waals surface area (Å²) in [6.07, 6.45) is 0.0339. The van der Waals surface area contributed by atoms with Crippen molar-refractivity contribution in [2.75, 3.05) is 40.2 Å². The molecular weight excluding hydrogens is 454 g/mol. The normalized spacial score (nSPS) is 10.2. The number of carbonyl (C=O) groups excluding carboxylic acids is 3. The van der Waals surface area contributed by atoms with E-state index in [2.05, 4.69) is 26.6 Å². The minimum absolute atomic E-state index is 0.0339. The molecule has 2 aromatic carbocycles. The maximum absolute atomic E-state index is 12.5. The zero-order valence-corrected chi connectivity index (χ0v) is 18.8. The standard InChI is InChI=1S/C21H24BrN3O5/c1-25(2)21(28)15-11-17(29-3)18(30-4)12-16(15)24-19(26)9-10-23-20(27)13-5-7-14(22)8-6-13/h5-8,11-12H,9-10H2,1-4H3,(H,23,27)(H,24,26). The van der Waals surface area contributed by atoms with Crippen LogP contribution in [-0.2, 0) is 4.79 Å². The van der Waals surface area contributed by atoms with Crippen molar-refractivity contribution in [3.8, 4) is 11.5 Å². The van der Waals surface area contributed by atoms with E-state index < -0.39 is 0 Å². The molecule has 2 aromatic rings. The molecule has 9 heteroatoms. The Morgan fingerprint density at radius 2 is 1.60 bits per heavy atom. The van der Waals surface area contributed by atoms with Crippen LogP contribution in [0.2, 0.25) is 0 Å². The highest BCUT2D eigenvalue weighted by atomic mass is 79.9. The first-order valence-corrected chi connectivity index (χ1v) is 9.87. The van der Waals surface area contributed by atoms with Gasteiger partial charge in [0.15, 0.2) is 11.5 Å². The third-order valence-corrected chi connectivity index (χ3v) is 4.71. The molecule has 0 aliphatic heterocycles. The summed E-state index contributed by atoms with van der Waals surface area (Å²) >= 11 is 3.31. The van der Waals surface area contributed by atoms with Crippen LogP contribution in [0.4, 0.5) is 5.69 Å². The highest BCUT2D eigenvalue weighted by molar-refractivity contribution is 9.10. The topological polar surface area (TPSA) is 97.0 Å². The van der Waals surface area contributed by atoms with Gasteiger partial charge in [0, 0.05) is 43.2 Å². The van der Waals surface area contributed by atoms with E-state index in [9.17, 15) is 14.4 Å². The number of hydrogen-bond donors (Lipinski definition) is 2. The number of ether oxygens (including phenoxy) is 2. The van der Waals surface area contributed by atoms with E-state index in [1.54, 1.807) is 38.4 Å². The molecule has 0 saturated carbocycles. The maximum Gasteiger partial charge on any atom is 0.255 e. The third kappa shape index (κ3) is 5.96. The monoisotopic (exact) mass is 477 g/mol. The van der Waals surface area contributed by atoms with Gasteiger partial charge in [-0.05, 0) is 30.3 Å². The summed E-state index contributed by atoms with van der Waals surface area (Å²) in [6.45, 7) is 0.144. The molecule has 0 aliphatic carbocycles. The summed E-state index contributed by atoms with van der Waals surface area (Å²) in [4.78, 5) is 38.5. The predicted molar refractivity (Wildman–Crippen MR) is 117 cm³/mol. The second kappa shape index (κ2) is 10.6. The zero-order valence-electron chi connectivity index (χ0n) is 17.2. The Hall–Kier alpha value is -3.07. The lowest BCUT2D eigenvalue weighted by Gasteiger charge is -2.18. The Kier molecular flexibility index (Phi) is 8.23. The van der Waals surface area contributed by atoms with Gasteiger partial charge in [-0.2, -0.15) is 0 Å². The third-order valence-electron chi connectivity index (χ3n) is 4.18. The van der Waals surface area contributed by atoms with Gasteiger partial charge < -0.3 is 25.0 Å². The largest absolute Gasteiger partial charge is 0.493 e. The fourth-order valence-corrected chi connectivity index (χ4v) is 2.87. The van der Waals surface area contributed by atoms with Crippen molar-refractivity contribution < 1.29 is 23.9 Å². The average molecular weight is 478 g/mol. The lowest BCUT2D eigenvalue weighted by Crippen LogP contribution is -2.28. The van der Waals surface area contributed by atoms with Crippen LogP contribution in [0.15, 0.2) is 40.9 Å². The van der Waals surface area contributed by atoms with Crippen molar-refractivity contribution in [1.82, 2.24) is 10.2 Å². The number of hydrogen-bond acceptors (Lipinski definition) is 5. The Morgan fingerprint density at radius 1 is 1.00 bits per heavy atom. The van der Waals surface area contributed by atoms with Crippen LogP contribution in [0.25, 0.3) is 0 Å². The van der Waals surface area contributed by atoms with Crippen molar-refractivity contribution in [3.63, 3.8) is 0 Å². The van der Waals surface area contributed by atoms with Crippen LogP contribution in [0, 0.1) is 0 Å². The lowest BCUT2D eigenvalue weighted by molar-refractivity contribution is -0.116. The molecular formula is C21H24BrN3O5. The second-order valence-corrected chi connectivity index (χ2v) is 7.43.